The van der Waals surface area contributed by atoms with E-state index in [1.807, 2.05) is 6.07 Å². The maximum absolute atomic E-state index is 10.0. The van der Waals surface area contributed by atoms with Crippen molar-refractivity contribution in [2.75, 3.05) is 14.2 Å². The summed E-state index contributed by atoms with van der Waals surface area (Å²) in [4.78, 5) is 0. The van der Waals surface area contributed by atoms with E-state index in [0.29, 0.717) is 11.8 Å². The van der Waals surface area contributed by atoms with E-state index in [9.17, 15) is 5.26 Å². The van der Waals surface area contributed by atoms with Crippen molar-refractivity contribution in [3.63, 3.8) is 0 Å². The number of fused-ring (bicyclic) bond motifs is 1. The van der Waals surface area contributed by atoms with Gasteiger partial charge in [0, 0.05) is 24.0 Å². The molecule has 1 saturated carbocycles. The molecule has 0 saturated heterocycles. The van der Waals surface area contributed by atoms with Crippen LogP contribution in [0.3, 0.4) is 0 Å². The summed E-state index contributed by atoms with van der Waals surface area (Å²) in [5.74, 6) is 2.66. The normalized spacial score (nSPS) is 29.0. The third-order valence-corrected chi connectivity index (χ3v) is 12.7. The van der Waals surface area contributed by atoms with Gasteiger partial charge in [0.05, 0.1) is 20.3 Å². The van der Waals surface area contributed by atoms with Crippen LogP contribution in [-0.2, 0) is 4.43 Å². The molecule has 2 aliphatic carbocycles. The van der Waals surface area contributed by atoms with Gasteiger partial charge in [-0.05, 0) is 73.3 Å². The second kappa shape index (κ2) is 9.61. The molecule has 0 bridgehead atoms. The molecular formula is C27H41NO3Si. The third-order valence-electron chi connectivity index (χ3n) is 8.17. The Labute approximate surface area is 196 Å². The van der Waals surface area contributed by atoms with Gasteiger partial charge in [0.15, 0.2) is 8.32 Å². The van der Waals surface area contributed by atoms with Crippen molar-refractivity contribution in [3.8, 4) is 17.6 Å². The zero-order valence-corrected chi connectivity index (χ0v) is 22.1. The van der Waals surface area contributed by atoms with Crippen LogP contribution in [0.25, 0.3) is 0 Å². The second-order valence-electron chi connectivity index (χ2n) is 11.1. The molecule has 32 heavy (non-hydrogen) atoms. The lowest BCUT2D eigenvalue weighted by Gasteiger charge is -2.51. The lowest BCUT2D eigenvalue weighted by molar-refractivity contribution is 0.00201. The SMILES string of the molecule is COc1cc(OC)cc([C@H]2C=C[C@H]3CCC[C@H](O[Si](C)(C)C(C)(C)C)[C@@H]3[C@H]2[C@H](C)C#N)c1. The van der Waals surface area contributed by atoms with Gasteiger partial charge in [-0.15, -0.1) is 0 Å². The first kappa shape index (κ1) is 24.9. The van der Waals surface area contributed by atoms with E-state index in [1.54, 1.807) is 14.2 Å². The van der Waals surface area contributed by atoms with Crippen LogP contribution in [0.15, 0.2) is 30.4 Å². The Balaban J connectivity index is 2.05. The van der Waals surface area contributed by atoms with Crippen LogP contribution in [0.1, 0.15) is 58.4 Å². The van der Waals surface area contributed by atoms with Crippen molar-refractivity contribution in [1.82, 2.24) is 0 Å². The Morgan fingerprint density at radius 3 is 2.19 bits per heavy atom. The average molecular weight is 456 g/mol. The van der Waals surface area contributed by atoms with Crippen molar-refractivity contribution < 1.29 is 13.9 Å². The van der Waals surface area contributed by atoms with Gasteiger partial charge in [-0.1, -0.05) is 39.3 Å². The highest BCUT2D eigenvalue weighted by Crippen LogP contribution is 2.52. The average Bonchev–Trinajstić information content (AvgIpc) is 2.76. The largest absolute Gasteiger partial charge is 0.497 e. The number of hydrogen-bond acceptors (Lipinski definition) is 4. The van der Waals surface area contributed by atoms with E-state index in [0.717, 1.165) is 23.5 Å². The molecule has 3 rings (SSSR count). The summed E-state index contributed by atoms with van der Waals surface area (Å²) >= 11 is 0. The molecule has 4 nitrogen and oxygen atoms in total. The van der Waals surface area contributed by atoms with Crippen molar-refractivity contribution in [3.05, 3.63) is 35.9 Å². The molecule has 0 aliphatic heterocycles. The van der Waals surface area contributed by atoms with Gasteiger partial charge in [0.2, 0.25) is 0 Å². The Kier molecular flexibility index (Phi) is 7.47. The van der Waals surface area contributed by atoms with E-state index in [2.05, 4.69) is 71.1 Å². The molecule has 0 unspecified atom stereocenters. The Hall–Kier alpha value is -1.77. The fraction of sp³-hybridized carbons (Fsp3) is 0.667. The zero-order valence-electron chi connectivity index (χ0n) is 21.1. The number of hydrogen-bond donors (Lipinski definition) is 0. The highest BCUT2D eigenvalue weighted by atomic mass is 28.4. The summed E-state index contributed by atoms with van der Waals surface area (Å²) in [6.07, 6.45) is 8.41. The van der Waals surface area contributed by atoms with Crippen LogP contribution >= 0.6 is 0 Å². The molecule has 1 fully saturated rings. The van der Waals surface area contributed by atoms with E-state index >= 15 is 0 Å². The second-order valence-corrected chi connectivity index (χ2v) is 15.9. The number of nitrogens with zero attached hydrogens (tertiary/aromatic N) is 1. The standard InChI is InChI=1S/C27H41NO3Si/c1-18(17-28)25-23(20-14-21(29-5)16-22(15-20)30-6)13-12-19-10-9-11-24(26(19)25)31-32(7,8)27(2,3)4/h12-16,18-19,23-26H,9-11H2,1-8H3/t18-,19-,23-,24+,25+,26-/m1/s1. The molecule has 2 aliphatic rings. The van der Waals surface area contributed by atoms with Crippen molar-refractivity contribution in [2.45, 2.75) is 77.1 Å². The zero-order chi connectivity index (χ0) is 23.7. The molecule has 0 radical (unpaired) electrons. The topological polar surface area (TPSA) is 51.5 Å². The Morgan fingerprint density at radius 2 is 1.66 bits per heavy atom. The van der Waals surface area contributed by atoms with Crippen LogP contribution in [0.4, 0.5) is 0 Å². The fourth-order valence-electron chi connectivity index (χ4n) is 5.38. The third kappa shape index (κ3) is 4.92. The summed E-state index contributed by atoms with van der Waals surface area (Å²) in [5, 5.41) is 10.2. The fourth-order valence-corrected chi connectivity index (χ4v) is 6.77. The molecule has 1 aromatic rings. The maximum Gasteiger partial charge on any atom is 0.192 e. The molecule has 0 spiro atoms. The lowest BCUT2D eigenvalue weighted by atomic mass is 9.59. The number of allylic oxidation sites excluding steroid dienone is 2. The minimum atomic E-state index is -1.92. The highest BCUT2D eigenvalue weighted by molar-refractivity contribution is 6.74. The van der Waals surface area contributed by atoms with Gasteiger partial charge in [-0.2, -0.15) is 5.26 Å². The first-order valence-electron chi connectivity index (χ1n) is 12.0. The van der Waals surface area contributed by atoms with Gasteiger partial charge in [-0.25, -0.2) is 0 Å². The number of nitriles is 1. The number of ether oxygens (including phenoxy) is 2. The van der Waals surface area contributed by atoms with Crippen molar-refractivity contribution in [2.24, 2.45) is 23.7 Å². The van der Waals surface area contributed by atoms with Gasteiger partial charge < -0.3 is 13.9 Å². The molecule has 5 heteroatoms. The summed E-state index contributed by atoms with van der Waals surface area (Å²) in [6, 6.07) is 8.70. The predicted molar refractivity (Wildman–Crippen MR) is 133 cm³/mol. The van der Waals surface area contributed by atoms with Gasteiger partial charge >= 0.3 is 0 Å². The van der Waals surface area contributed by atoms with E-state index in [-0.39, 0.29) is 28.9 Å². The van der Waals surface area contributed by atoms with Crippen LogP contribution in [0.2, 0.25) is 18.1 Å². The highest BCUT2D eigenvalue weighted by Gasteiger charge is 2.49. The monoisotopic (exact) mass is 455 g/mol. The van der Waals surface area contributed by atoms with E-state index < -0.39 is 8.32 Å². The molecular weight excluding hydrogens is 414 g/mol. The van der Waals surface area contributed by atoms with Crippen LogP contribution in [-0.4, -0.2) is 28.6 Å². The summed E-state index contributed by atoms with van der Waals surface area (Å²) in [5.41, 5.74) is 1.15. The quantitative estimate of drug-likeness (QED) is 0.344. The van der Waals surface area contributed by atoms with Gasteiger partial charge in [0.25, 0.3) is 0 Å². The molecule has 0 amide bonds. The molecule has 176 valence electrons. The van der Waals surface area contributed by atoms with Crippen LogP contribution in [0.5, 0.6) is 11.5 Å². The number of methoxy groups -OCH3 is 2. The Morgan fingerprint density at radius 1 is 1.03 bits per heavy atom. The molecule has 0 heterocycles. The maximum atomic E-state index is 10.0. The van der Waals surface area contributed by atoms with Crippen molar-refractivity contribution >= 4 is 8.32 Å². The summed E-state index contributed by atoms with van der Waals surface area (Å²) in [6.45, 7) is 13.7. The Bertz CT molecular complexity index is 844. The predicted octanol–water partition coefficient (Wildman–Crippen LogP) is 6.94. The van der Waals surface area contributed by atoms with Gasteiger partial charge in [-0.3, -0.25) is 0 Å². The smallest absolute Gasteiger partial charge is 0.192 e. The van der Waals surface area contributed by atoms with E-state index in [4.69, 9.17) is 13.9 Å². The number of benzene rings is 1. The minimum Gasteiger partial charge on any atom is -0.497 e. The lowest BCUT2D eigenvalue weighted by Crippen LogP contribution is -2.51. The van der Waals surface area contributed by atoms with Crippen molar-refractivity contribution in [1.29, 1.82) is 5.26 Å². The van der Waals surface area contributed by atoms with Crippen LogP contribution < -0.4 is 9.47 Å². The van der Waals surface area contributed by atoms with E-state index in [1.165, 1.54) is 12.8 Å². The molecule has 6 atom stereocenters. The first-order chi connectivity index (χ1) is 15.0. The minimum absolute atomic E-state index is 0.0711. The van der Waals surface area contributed by atoms with Crippen LogP contribution in [0, 0.1) is 35.0 Å². The number of rotatable bonds is 6. The molecule has 0 N–H and O–H groups in total. The summed E-state index contributed by atoms with van der Waals surface area (Å²) < 4.78 is 18.2. The van der Waals surface area contributed by atoms with Gasteiger partial charge in [0.1, 0.15) is 11.5 Å². The summed E-state index contributed by atoms with van der Waals surface area (Å²) in [7, 11) is 1.45. The molecule has 1 aromatic carbocycles. The molecule has 0 aromatic heterocycles. The first-order valence-corrected chi connectivity index (χ1v) is 14.9.